The van der Waals surface area contributed by atoms with Crippen molar-refractivity contribution in [3.05, 3.63) is 21.9 Å². The Labute approximate surface area is 148 Å². The van der Waals surface area contributed by atoms with E-state index in [2.05, 4.69) is 10.2 Å². The normalized spacial score (nSPS) is 18.5. The van der Waals surface area contributed by atoms with Crippen molar-refractivity contribution in [3.8, 4) is 0 Å². The fourth-order valence-electron chi connectivity index (χ4n) is 2.96. The number of nitrogens with zero attached hydrogens (tertiary/aromatic N) is 2. The van der Waals surface area contributed by atoms with Crippen LogP contribution in [0.2, 0.25) is 0 Å². The standard InChI is InChI=1S/C17H29N3O3S/c1-14-5-11-24-16(14)13-20(9-10-21)17(23)18-6-3-8-19-7-2-4-15(22)12-19/h5,11,15,21-22H,2-4,6-10,12-13H2,1H3,(H,18,23). The molecule has 1 aliphatic rings. The maximum Gasteiger partial charge on any atom is 0.317 e. The van der Waals surface area contributed by atoms with E-state index in [0.717, 1.165) is 43.8 Å². The Bertz CT molecular complexity index is 509. The Morgan fingerprint density at radius 1 is 1.54 bits per heavy atom. The fourth-order valence-corrected chi connectivity index (χ4v) is 3.88. The lowest BCUT2D eigenvalue weighted by Gasteiger charge is -2.30. The lowest BCUT2D eigenvalue weighted by molar-refractivity contribution is 0.0701. The zero-order chi connectivity index (χ0) is 17.4. The molecule has 1 saturated heterocycles. The van der Waals surface area contributed by atoms with Gasteiger partial charge in [0.05, 0.1) is 19.3 Å². The summed E-state index contributed by atoms with van der Waals surface area (Å²) < 4.78 is 0. The number of aryl methyl sites for hydroxylation is 1. The van der Waals surface area contributed by atoms with Crippen LogP contribution in [0.1, 0.15) is 29.7 Å². The molecule has 3 N–H and O–H groups in total. The molecule has 0 saturated carbocycles. The van der Waals surface area contributed by atoms with Crippen molar-refractivity contribution in [2.24, 2.45) is 0 Å². The average molecular weight is 356 g/mol. The van der Waals surface area contributed by atoms with E-state index in [1.165, 1.54) is 5.56 Å². The third-order valence-corrected chi connectivity index (χ3v) is 5.38. The first-order valence-corrected chi connectivity index (χ1v) is 9.55. The third kappa shape index (κ3) is 6.05. The summed E-state index contributed by atoms with van der Waals surface area (Å²) in [6.45, 7) is 6.13. The van der Waals surface area contributed by atoms with Crippen molar-refractivity contribution in [1.82, 2.24) is 15.1 Å². The predicted molar refractivity (Wildman–Crippen MR) is 96.2 cm³/mol. The maximum atomic E-state index is 12.3. The van der Waals surface area contributed by atoms with Crippen LogP contribution in [0.3, 0.4) is 0 Å². The summed E-state index contributed by atoms with van der Waals surface area (Å²) in [5.41, 5.74) is 1.18. The molecule has 1 aromatic rings. The number of aliphatic hydroxyl groups excluding tert-OH is 2. The molecule has 7 heteroatoms. The second-order valence-corrected chi connectivity index (χ2v) is 7.35. The molecule has 1 fully saturated rings. The van der Waals surface area contributed by atoms with Gasteiger partial charge in [-0.1, -0.05) is 0 Å². The Kier molecular flexibility index (Phi) is 7.98. The van der Waals surface area contributed by atoms with Crippen LogP contribution in [0, 0.1) is 6.92 Å². The Morgan fingerprint density at radius 3 is 3.04 bits per heavy atom. The minimum Gasteiger partial charge on any atom is -0.395 e. The Hall–Kier alpha value is -1.15. The van der Waals surface area contributed by atoms with Gasteiger partial charge in [0.15, 0.2) is 0 Å². The molecule has 2 amide bonds. The van der Waals surface area contributed by atoms with Crippen LogP contribution in [-0.2, 0) is 6.54 Å². The second-order valence-electron chi connectivity index (χ2n) is 6.35. The third-order valence-electron chi connectivity index (χ3n) is 4.37. The van der Waals surface area contributed by atoms with Crippen molar-refractivity contribution in [3.63, 3.8) is 0 Å². The quantitative estimate of drug-likeness (QED) is 0.616. The topological polar surface area (TPSA) is 76.0 Å². The minimum atomic E-state index is -0.206. The van der Waals surface area contributed by atoms with Gasteiger partial charge in [0.25, 0.3) is 0 Å². The SMILES string of the molecule is Cc1ccsc1CN(CCO)C(=O)NCCCN1CCCC(O)C1. The summed E-state index contributed by atoms with van der Waals surface area (Å²) in [5, 5.41) is 23.8. The summed E-state index contributed by atoms with van der Waals surface area (Å²) in [6.07, 6.45) is 2.59. The number of likely N-dealkylation sites (tertiary alicyclic amines) is 1. The van der Waals surface area contributed by atoms with Gasteiger partial charge in [-0.15, -0.1) is 11.3 Å². The molecule has 2 heterocycles. The Morgan fingerprint density at radius 2 is 2.38 bits per heavy atom. The number of thiophene rings is 1. The molecule has 1 atom stereocenters. The van der Waals surface area contributed by atoms with Crippen LogP contribution in [0.5, 0.6) is 0 Å². The van der Waals surface area contributed by atoms with Crippen LogP contribution >= 0.6 is 11.3 Å². The molecule has 0 bridgehead atoms. The van der Waals surface area contributed by atoms with Gasteiger partial charge in [-0.25, -0.2) is 4.79 Å². The highest BCUT2D eigenvalue weighted by molar-refractivity contribution is 7.10. The zero-order valence-corrected chi connectivity index (χ0v) is 15.2. The number of carbonyl (C=O) groups excluding carboxylic acids is 1. The fraction of sp³-hybridized carbons (Fsp3) is 0.706. The number of amides is 2. The van der Waals surface area contributed by atoms with Crippen molar-refractivity contribution >= 4 is 17.4 Å². The van der Waals surface area contributed by atoms with E-state index in [-0.39, 0.29) is 18.7 Å². The van der Waals surface area contributed by atoms with Crippen LogP contribution < -0.4 is 5.32 Å². The molecule has 0 radical (unpaired) electrons. The van der Waals surface area contributed by atoms with Crippen molar-refractivity contribution in [1.29, 1.82) is 0 Å². The summed E-state index contributed by atoms with van der Waals surface area (Å²) >= 11 is 1.63. The van der Waals surface area contributed by atoms with E-state index in [4.69, 9.17) is 0 Å². The molecule has 2 rings (SSSR count). The molecule has 1 aromatic heterocycles. The highest BCUT2D eigenvalue weighted by atomic mass is 32.1. The number of piperidine rings is 1. The average Bonchev–Trinajstić information content (AvgIpc) is 2.96. The Balaban J connectivity index is 1.71. The number of β-amino-alcohol motifs (C(OH)–C–C–N with tert-alkyl or cyclic N) is 1. The monoisotopic (exact) mass is 355 g/mol. The van der Waals surface area contributed by atoms with Crippen molar-refractivity contribution in [2.45, 2.75) is 38.8 Å². The van der Waals surface area contributed by atoms with Gasteiger partial charge in [-0.05, 0) is 56.3 Å². The van der Waals surface area contributed by atoms with Crippen LogP contribution in [-0.4, -0.2) is 71.5 Å². The molecule has 24 heavy (non-hydrogen) atoms. The number of nitrogens with one attached hydrogen (secondary N) is 1. The largest absolute Gasteiger partial charge is 0.395 e. The zero-order valence-electron chi connectivity index (χ0n) is 14.4. The molecule has 0 spiro atoms. The number of rotatable bonds is 8. The minimum absolute atomic E-state index is 0.0382. The van der Waals surface area contributed by atoms with E-state index in [0.29, 0.717) is 19.6 Å². The van der Waals surface area contributed by atoms with Gasteiger partial charge >= 0.3 is 6.03 Å². The molecular formula is C17H29N3O3S. The number of carbonyl (C=O) groups is 1. The van der Waals surface area contributed by atoms with Gasteiger partial charge in [0.2, 0.25) is 0 Å². The molecule has 1 aliphatic heterocycles. The first-order chi connectivity index (χ1) is 11.6. The molecule has 6 nitrogen and oxygen atoms in total. The second kappa shape index (κ2) is 9.98. The first-order valence-electron chi connectivity index (χ1n) is 8.67. The predicted octanol–water partition coefficient (Wildman–Crippen LogP) is 1.41. The van der Waals surface area contributed by atoms with Crippen molar-refractivity contribution < 1.29 is 15.0 Å². The smallest absolute Gasteiger partial charge is 0.317 e. The maximum absolute atomic E-state index is 12.3. The van der Waals surface area contributed by atoms with Crippen molar-refractivity contribution in [2.75, 3.05) is 39.3 Å². The summed E-state index contributed by atoms with van der Waals surface area (Å²) in [5.74, 6) is 0. The highest BCUT2D eigenvalue weighted by Gasteiger charge is 2.18. The lowest BCUT2D eigenvalue weighted by Crippen LogP contribution is -2.43. The van der Waals surface area contributed by atoms with Gasteiger partial charge in [0, 0.05) is 24.5 Å². The van der Waals surface area contributed by atoms with E-state index >= 15 is 0 Å². The lowest BCUT2D eigenvalue weighted by atomic mass is 10.1. The first kappa shape index (κ1) is 19.2. The number of aliphatic hydroxyl groups is 2. The van der Waals surface area contributed by atoms with Gasteiger partial charge in [-0.2, -0.15) is 0 Å². The summed E-state index contributed by atoms with van der Waals surface area (Å²) in [7, 11) is 0. The molecule has 0 aliphatic carbocycles. The summed E-state index contributed by atoms with van der Waals surface area (Å²) in [4.78, 5) is 17.4. The highest BCUT2D eigenvalue weighted by Crippen LogP contribution is 2.17. The van der Waals surface area contributed by atoms with Gasteiger partial charge < -0.3 is 25.3 Å². The number of hydrogen-bond acceptors (Lipinski definition) is 5. The van der Waals surface area contributed by atoms with Gasteiger partial charge in [-0.3, -0.25) is 0 Å². The molecule has 1 unspecified atom stereocenters. The van der Waals surface area contributed by atoms with E-state index in [1.807, 2.05) is 18.4 Å². The number of urea groups is 1. The molecular weight excluding hydrogens is 326 g/mol. The molecule has 136 valence electrons. The van der Waals surface area contributed by atoms with E-state index in [1.54, 1.807) is 16.2 Å². The van der Waals surface area contributed by atoms with E-state index < -0.39 is 0 Å². The molecule has 0 aromatic carbocycles. The van der Waals surface area contributed by atoms with Crippen LogP contribution in [0.4, 0.5) is 4.79 Å². The number of hydrogen-bond donors (Lipinski definition) is 3. The van der Waals surface area contributed by atoms with Gasteiger partial charge in [0.1, 0.15) is 0 Å². The van der Waals surface area contributed by atoms with E-state index in [9.17, 15) is 15.0 Å². The van der Waals surface area contributed by atoms with Crippen LogP contribution in [0.15, 0.2) is 11.4 Å². The summed E-state index contributed by atoms with van der Waals surface area (Å²) in [6, 6.07) is 1.91. The van der Waals surface area contributed by atoms with Crippen LogP contribution in [0.25, 0.3) is 0 Å².